The Labute approximate surface area is 92.3 Å². The molecule has 0 spiro atoms. The van der Waals surface area contributed by atoms with Gasteiger partial charge < -0.3 is 4.57 Å². The van der Waals surface area contributed by atoms with E-state index in [1.807, 2.05) is 34.9 Å². The van der Waals surface area contributed by atoms with Gasteiger partial charge in [0.15, 0.2) is 11.3 Å². The van der Waals surface area contributed by atoms with E-state index in [-0.39, 0.29) is 0 Å². The van der Waals surface area contributed by atoms with Crippen molar-refractivity contribution in [2.45, 2.75) is 6.54 Å². The van der Waals surface area contributed by atoms with Crippen LogP contribution in [-0.4, -0.2) is 19.5 Å². The Balaban J connectivity index is 2.35. The van der Waals surface area contributed by atoms with Crippen molar-refractivity contribution in [3.8, 4) is 0 Å². The lowest BCUT2D eigenvalue weighted by atomic mass is 10.3. The number of rotatable bonds is 2. The summed E-state index contributed by atoms with van der Waals surface area (Å²) in [4.78, 5) is 13.2. The number of hydrogen-bond donors (Lipinski definition) is 0. The molecule has 2 heterocycles. The van der Waals surface area contributed by atoms with Gasteiger partial charge in [-0.2, -0.15) is 0 Å². The van der Waals surface area contributed by atoms with Crippen molar-refractivity contribution in [2.24, 2.45) is 0 Å². The number of allylic oxidation sites excluding steroid dienone is 1. The zero-order valence-corrected chi connectivity index (χ0v) is 8.67. The van der Waals surface area contributed by atoms with E-state index in [0.717, 1.165) is 16.7 Å². The number of imidazole rings is 1. The molecule has 16 heavy (non-hydrogen) atoms. The summed E-state index contributed by atoms with van der Waals surface area (Å²) in [5.74, 6) is 0. The molecule has 2 aromatic heterocycles. The third-order valence-electron chi connectivity index (χ3n) is 2.45. The van der Waals surface area contributed by atoms with E-state index < -0.39 is 0 Å². The Morgan fingerprint density at radius 2 is 1.94 bits per heavy atom. The molecule has 4 heteroatoms. The molecule has 0 aliphatic carbocycles. The lowest BCUT2D eigenvalue weighted by Gasteiger charge is -1.99. The molecule has 0 saturated carbocycles. The highest BCUT2D eigenvalue weighted by atomic mass is 15.1. The topological polar surface area (TPSA) is 43.6 Å². The molecule has 0 aliphatic rings. The molecule has 0 amide bonds. The number of fused-ring (bicyclic) bond motifs is 2. The maximum atomic E-state index is 4.55. The molecular formula is C12H10N4. The van der Waals surface area contributed by atoms with Gasteiger partial charge in [0, 0.05) is 6.54 Å². The monoisotopic (exact) mass is 210 g/mol. The average Bonchev–Trinajstić information content (AvgIpc) is 2.70. The first-order valence-electron chi connectivity index (χ1n) is 5.07. The lowest BCUT2D eigenvalue weighted by Crippen LogP contribution is -1.95. The minimum atomic E-state index is 0.681. The molecule has 3 rings (SSSR count). The van der Waals surface area contributed by atoms with E-state index in [0.29, 0.717) is 12.2 Å². The van der Waals surface area contributed by atoms with Crippen molar-refractivity contribution in [1.82, 2.24) is 19.5 Å². The Morgan fingerprint density at radius 3 is 2.69 bits per heavy atom. The Hall–Kier alpha value is -2.23. The fourth-order valence-electron chi connectivity index (χ4n) is 1.71. The normalized spacial score (nSPS) is 11.0. The van der Waals surface area contributed by atoms with E-state index in [1.165, 1.54) is 0 Å². The van der Waals surface area contributed by atoms with Gasteiger partial charge in [-0.25, -0.2) is 15.0 Å². The highest BCUT2D eigenvalue weighted by Gasteiger charge is 2.06. The van der Waals surface area contributed by atoms with Crippen LogP contribution >= 0.6 is 0 Å². The van der Waals surface area contributed by atoms with Crippen LogP contribution in [0.4, 0.5) is 0 Å². The van der Waals surface area contributed by atoms with Crippen molar-refractivity contribution in [2.75, 3.05) is 0 Å². The predicted molar refractivity (Wildman–Crippen MR) is 63.0 cm³/mol. The number of hydrogen-bond acceptors (Lipinski definition) is 3. The number of benzene rings is 1. The minimum Gasteiger partial charge on any atom is -0.310 e. The first-order chi connectivity index (χ1) is 7.88. The molecule has 0 aliphatic heterocycles. The van der Waals surface area contributed by atoms with Crippen LogP contribution in [0, 0.1) is 0 Å². The van der Waals surface area contributed by atoms with Crippen LogP contribution in [-0.2, 0) is 6.54 Å². The zero-order valence-electron chi connectivity index (χ0n) is 8.67. The summed E-state index contributed by atoms with van der Waals surface area (Å²) in [7, 11) is 0. The van der Waals surface area contributed by atoms with Gasteiger partial charge in [0.2, 0.25) is 0 Å². The molecular weight excluding hydrogens is 200 g/mol. The van der Waals surface area contributed by atoms with Crippen molar-refractivity contribution in [3.63, 3.8) is 0 Å². The van der Waals surface area contributed by atoms with Gasteiger partial charge in [-0.05, 0) is 12.1 Å². The van der Waals surface area contributed by atoms with Gasteiger partial charge in [0.1, 0.15) is 0 Å². The van der Waals surface area contributed by atoms with E-state index in [4.69, 9.17) is 0 Å². The van der Waals surface area contributed by atoms with Gasteiger partial charge in [-0.3, -0.25) is 0 Å². The second-order valence-electron chi connectivity index (χ2n) is 3.55. The predicted octanol–water partition coefficient (Wildman–Crippen LogP) is 2.17. The summed E-state index contributed by atoms with van der Waals surface area (Å²) in [6.07, 6.45) is 3.56. The summed E-state index contributed by atoms with van der Waals surface area (Å²) in [6.45, 7) is 4.41. The van der Waals surface area contributed by atoms with E-state index in [2.05, 4.69) is 21.5 Å². The molecule has 3 aromatic rings. The van der Waals surface area contributed by atoms with Gasteiger partial charge in [-0.1, -0.05) is 18.2 Å². The van der Waals surface area contributed by atoms with Crippen LogP contribution in [0.1, 0.15) is 0 Å². The molecule has 0 bridgehead atoms. The molecule has 0 atom stereocenters. The summed E-state index contributed by atoms with van der Waals surface area (Å²) >= 11 is 0. The van der Waals surface area contributed by atoms with E-state index in [9.17, 15) is 0 Å². The van der Waals surface area contributed by atoms with Crippen molar-refractivity contribution in [3.05, 3.63) is 43.2 Å². The van der Waals surface area contributed by atoms with Crippen LogP contribution < -0.4 is 0 Å². The first kappa shape index (κ1) is 9.03. The molecule has 0 N–H and O–H groups in total. The third-order valence-corrected chi connectivity index (χ3v) is 2.45. The second kappa shape index (κ2) is 3.41. The van der Waals surface area contributed by atoms with Crippen molar-refractivity contribution in [1.29, 1.82) is 0 Å². The summed E-state index contributed by atoms with van der Waals surface area (Å²) in [5, 5.41) is 0. The Kier molecular flexibility index (Phi) is 1.93. The average molecular weight is 210 g/mol. The molecule has 0 unspecified atom stereocenters. The lowest BCUT2D eigenvalue weighted by molar-refractivity contribution is 0.841. The maximum absolute atomic E-state index is 4.55. The maximum Gasteiger partial charge on any atom is 0.198 e. The molecule has 0 saturated heterocycles. The minimum absolute atomic E-state index is 0.681. The van der Waals surface area contributed by atoms with Crippen LogP contribution in [0.15, 0.2) is 43.2 Å². The van der Waals surface area contributed by atoms with E-state index >= 15 is 0 Å². The second-order valence-corrected chi connectivity index (χ2v) is 3.55. The molecule has 0 radical (unpaired) electrons. The van der Waals surface area contributed by atoms with Crippen LogP contribution in [0.5, 0.6) is 0 Å². The number of para-hydroxylation sites is 2. The molecule has 0 fully saturated rings. The standard InChI is InChI=1S/C12H10N4/c1-2-7-16-8-13-11-12(16)15-10-6-4-3-5-9(10)14-11/h2-6,8H,1,7H2. The van der Waals surface area contributed by atoms with Crippen LogP contribution in [0.25, 0.3) is 22.3 Å². The smallest absolute Gasteiger partial charge is 0.198 e. The van der Waals surface area contributed by atoms with E-state index in [1.54, 1.807) is 6.33 Å². The molecule has 78 valence electrons. The highest BCUT2D eigenvalue weighted by Crippen LogP contribution is 2.14. The number of aromatic nitrogens is 4. The summed E-state index contributed by atoms with van der Waals surface area (Å²) in [6, 6.07) is 7.79. The van der Waals surface area contributed by atoms with Gasteiger partial charge in [-0.15, -0.1) is 6.58 Å². The van der Waals surface area contributed by atoms with Gasteiger partial charge >= 0.3 is 0 Å². The highest BCUT2D eigenvalue weighted by molar-refractivity contribution is 5.82. The Bertz CT molecular complexity index is 669. The summed E-state index contributed by atoms with van der Waals surface area (Å²) in [5.41, 5.74) is 3.25. The van der Waals surface area contributed by atoms with Crippen LogP contribution in [0.3, 0.4) is 0 Å². The molecule has 1 aromatic carbocycles. The quantitative estimate of drug-likeness (QED) is 0.609. The fraction of sp³-hybridized carbons (Fsp3) is 0.0833. The van der Waals surface area contributed by atoms with Crippen molar-refractivity contribution >= 4 is 22.3 Å². The summed E-state index contributed by atoms with van der Waals surface area (Å²) < 4.78 is 1.93. The third kappa shape index (κ3) is 1.27. The Morgan fingerprint density at radius 1 is 1.19 bits per heavy atom. The zero-order chi connectivity index (χ0) is 11.0. The SMILES string of the molecule is C=CCn1cnc2nc3ccccc3nc21. The van der Waals surface area contributed by atoms with Crippen LogP contribution in [0.2, 0.25) is 0 Å². The first-order valence-corrected chi connectivity index (χ1v) is 5.07. The van der Waals surface area contributed by atoms with Gasteiger partial charge in [0.05, 0.1) is 17.4 Å². The van der Waals surface area contributed by atoms with Gasteiger partial charge in [0.25, 0.3) is 0 Å². The largest absolute Gasteiger partial charge is 0.310 e. The molecule has 4 nitrogen and oxygen atoms in total. The number of nitrogens with zero attached hydrogens (tertiary/aromatic N) is 4. The fourth-order valence-corrected chi connectivity index (χ4v) is 1.71. The van der Waals surface area contributed by atoms with Crippen molar-refractivity contribution < 1.29 is 0 Å².